The number of amides is 1. The monoisotopic (exact) mass is 393 g/mol. The molecule has 2 fully saturated rings. The van der Waals surface area contributed by atoms with Crippen molar-refractivity contribution in [1.29, 1.82) is 0 Å². The van der Waals surface area contributed by atoms with Crippen molar-refractivity contribution in [2.75, 3.05) is 26.2 Å². The number of hydrogen-bond donors (Lipinski definition) is 1. The van der Waals surface area contributed by atoms with Crippen LogP contribution < -0.4 is 5.32 Å². The van der Waals surface area contributed by atoms with Crippen molar-refractivity contribution in [3.05, 3.63) is 60.2 Å². The summed E-state index contributed by atoms with van der Waals surface area (Å²) in [6, 6.07) is 10.6. The number of piperidine rings is 2. The lowest BCUT2D eigenvalue weighted by Crippen LogP contribution is -2.50. The summed E-state index contributed by atoms with van der Waals surface area (Å²) in [6.07, 6.45) is 9.99. The first kappa shape index (κ1) is 20.0. The van der Waals surface area contributed by atoms with Crippen molar-refractivity contribution in [3.8, 4) is 0 Å². The summed E-state index contributed by atoms with van der Waals surface area (Å²) in [5, 5.41) is 3.09. The SMILES string of the molecule is O=C(NCc1ccccn1)[C@@H]1CCCN(C2CCN(Cc3ccncc3)CC2)C1. The highest BCUT2D eigenvalue weighted by molar-refractivity contribution is 5.78. The minimum atomic E-state index is 0.0994. The fourth-order valence-corrected chi connectivity index (χ4v) is 4.57. The molecule has 0 spiro atoms. The molecule has 0 saturated carbocycles. The molecule has 154 valence electrons. The molecular weight excluding hydrogens is 362 g/mol. The molecule has 0 aliphatic carbocycles. The second-order valence-electron chi connectivity index (χ2n) is 8.24. The van der Waals surface area contributed by atoms with E-state index in [2.05, 4.69) is 37.2 Å². The molecule has 2 saturated heterocycles. The molecule has 1 amide bonds. The van der Waals surface area contributed by atoms with Crippen LogP contribution in [-0.2, 0) is 17.9 Å². The van der Waals surface area contributed by atoms with Crippen molar-refractivity contribution in [2.45, 2.75) is 44.8 Å². The van der Waals surface area contributed by atoms with Crippen molar-refractivity contribution in [1.82, 2.24) is 25.1 Å². The Labute approximate surface area is 173 Å². The van der Waals surface area contributed by atoms with Crippen molar-refractivity contribution >= 4 is 5.91 Å². The average molecular weight is 394 g/mol. The molecule has 6 nitrogen and oxygen atoms in total. The minimum absolute atomic E-state index is 0.0994. The Morgan fingerprint density at radius 1 is 1.03 bits per heavy atom. The summed E-state index contributed by atoms with van der Waals surface area (Å²) < 4.78 is 0. The molecule has 2 aliphatic rings. The van der Waals surface area contributed by atoms with Crippen LogP contribution in [0.15, 0.2) is 48.9 Å². The van der Waals surface area contributed by atoms with Crippen LogP contribution >= 0.6 is 0 Å². The highest BCUT2D eigenvalue weighted by Crippen LogP contribution is 2.24. The van der Waals surface area contributed by atoms with Crippen LogP contribution in [0.1, 0.15) is 36.9 Å². The molecule has 1 N–H and O–H groups in total. The van der Waals surface area contributed by atoms with Gasteiger partial charge in [0.15, 0.2) is 0 Å². The number of aromatic nitrogens is 2. The van der Waals surface area contributed by atoms with Gasteiger partial charge in [-0.05, 0) is 75.1 Å². The van der Waals surface area contributed by atoms with Gasteiger partial charge in [0.05, 0.1) is 18.2 Å². The summed E-state index contributed by atoms with van der Waals surface area (Å²) >= 11 is 0. The lowest BCUT2D eigenvalue weighted by molar-refractivity contribution is -0.127. The first-order valence-electron chi connectivity index (χ1n) is 10.8. The molecule has 4 heterocycles. The molecule has 6 heteroatoms. The molecule has 2 aliphatic heterocycles. The number of nitrogens with one attached hydrogen (secondary N) is 1. The van der Waals surface area contributed by atoms with E-state index >= 15 is 0 Å². The van der Waals surface area contributed by atoms with Crippen LogP contribution in [0.3, 0.4) is 0 Å². The van der Waals surface area contributed by atoms with Crippen LogP contribution in [0.4, 0.5) is 0 Å². The predicted octanol–water partition coefficient (Wildman–Crippen LogP) is 2.47. The summed E-state index contributed by atoms with van der Waals surface area (Å²) in [5.74, 6) is 0.276. The molecule has 29 heavy (non-hydrogen) atoms. The second-order valence-corrected chi connectivity index (χ2v) is 8.24. The van der Waals surface area contributed by atoms with E-state index in [1.165, 1.54) is 18.4 Å². The normalized spacial score (nSPS) is 21.7. The van der Waals surface area contributed by atoms with Gasteiger partial charge in [0.25, 0.3) is 0 Å². The van der Waals surface area contributed by atoms with E-state index in [-0.39, 0.29) is 11.8 Å². The molecule has 2 aromatic rings. The van der Waals surface area contributed by atoms with Crippen LogP contribution in [0.5, 0.6) is 0 Å². The Kier molecular flexibility index (Phi) is 6.85. The van der Waals surface area contributed by atoms with Crippen LogP contribution in [0.2, 0.25) is 0 Å². The maximum absolute atomic E-state index is 12.7. The van der Waals surface area contributed by atoms with Crippen LogP contribution in [-0.4, -0.2) is 57.9 Å². The van der Waals surface area contributed by atoms with Gasteiger partial charge in [0, 0.05) is 37.7 Å². The number of hydrogen-bond acceptors (Lipinski definition) is 5. The summed E-state index contributed by atoms with van der Waals surface area (Å²) in [7, 11) is 0. The molecule has 0 bridgehead atoms. The van der Waals surface area contributed by atoms with Gasteiger partial charge in [-0.3, -0.25) is 24.6 Å². The Hall–Kier alpha value is -2.31. The number of carbonyl (C=O) groups excluding carboxylic acids is 1. The zero-order chi connectivity index (χ0) is 19.9. The largest absolute Gasteiger partial charge is 0.350 e. The predicted molar refractivity (Wildman–Crippen MR) is 113 cm³/mol. The Morgan fingerprint density at radius 2 is 1.86 bits per heavy atom. The van der Waals surface area contributed by atoms with Crippen molar-refractivity contribution in [3.63, 3.8) is 0 Å². The molecule has 2 aromatic heterocycles. The number of pyridine rings is 2. The Balaban J connectivity index is 1.23. The topological polar surface area (TPSA) is 61.4 Å². The second kappa shape index (κ2) is 9.94. The fourth-order valence-electron chi connectivity index (χ4n) is 4.57. The Bertz CT molecular complexity index is 761. The highest BCUT2D eigenvalue weighted by Gasteiger charge is 2.31. The Morgan fingerprint density at radius 3 is 2.62 bits per heavy atom. The third-order valence-electron chi connectivity index (χ3n) is 6.22. The van der Waals surface area contributed by atoms with Gasteiger partial charge >= 0.3 is 0 Å². The van der Waals surface area contributed by atoms with Gasteiger partial charge in [-0.25, -0.2) is 0 Å². The zero-order valence-corrected chi connectivity index (χ0v) is 17.0. The lowest BCUT2D eigenvalue weighted by Gasteiger charge is -2.42. The molecule has 0 radical (unpaired) electrons. The molecule has 0 aromatic carbocycles. The molecule has 0 unspecified atom stereocenters. The smallest absolute Gasteiger partial charge is 0.224 e. The zero-order valence-electron chi connectivity index (χ0n) is 17.0. The van der Waals surface area contributed by atoms with Gasteiger partial charge in [0.1, 0.15) is 0 Å². The van der Waals surface area contributed by atoms with E-state index in [9.17, 15) is 4.79 Å². The minimum Gasteiger partial charge on any atom is -0.350 e. The number of rotatable bonds is 6. The quantitative estimate of drug-likeness (QED) is 0.817. The standard InChI is InChI=1S/C23H31N5O/c29-23(26-16-21-5-1-2-10-25-21)20-4-3-13-28(18-20)22-8-14-27(15-9-22)17-19-6-11-24-12-7-19/h1-2,5-7,10-12,20,22H,3-4,8-9,13-18H2,(H,26,29)/t20-/m1/s1. The summed E-state index contributed by atoms with van der Waals surface area (Å²) in [6.45, 7) is 5.79. The maximum atomic E-state index is 12.7. The van der Waals surface area contributed by atoms with Gasteiger partial charge in [-0.15, -0.1) is 0 Å². The van der Waals surface area contributed by atoms with E-state index in [1.54, 1.807) is 6.20 Å². The molecular formula is C23H31N5O. The van der Waals surface area contributed by atoms with Gasteiger partial charge in [-0.1, -0.05) is 6.07 Å². The summed E-state index contributed by atoms with van der Waals surface area (Å²) in [5.41, 5.74) is 2.25. The average Bonchev–Trinajstić information content (AvgIpc) is 2.79. The maximum Gasteiger partial charge on any atom is 0.224 e. The van der Waals surface area contributed by atoms with Crippen molar-refractivity contribution < 1.29 is 4.79 Å². The van der Waals surface area contributed by atoms with Crippen LogP contribution in [0, 0.1) is 5.92 Å². The lowest BCUT2D eigenvalue weighted by atomic mass is 9.93. The third-order valence-corrected chi connectivity index (χ3v) is 6.22. The highest BCUT2D eigenvalue weighted by atomic mass is 16.1. The number of likely N-dealkylation sites (tertiary alicyclic amines) is 2. The molecule has 1 atom stereocenters. The fraction of sp³-hybridized carbons (Fsp3) is 0.522. The van der Waals surface area contributed by atoms with E-state index in [0.29, 0.717) is 12.6 Å². The van der Waals surface area contributed by atoms with E-state index in [0.717, 1.165) is 51.3 Å². The third kappa shape index (κ3) is 5.61. The van der Waals surface area contributed by atoms with Gasteiger partial charge in [-0.2, -0.15) is 0 Å². The molecule has 4 rings (SSSR count). The van der Waals surface area contributed by atoms with E-state index in [1.807, 2.05) is 30.6 Å². The first-order chi connectivity index (χ1) is 14.3. The van der Waals surface area contributed by atoms with Crippen LogP contribution in [0.25, 0.3) is 0 Å². The van der Waals surface area contributed by atoms with Gasteiger partial charge < -0.3 is 5.32 Å². The van der Waals surface area contributed by atoms with E-state index in [4.69, 9.17) is 0 Å². The van der Waals surface area contributed by atoms with Crippen molar-refractivity contribution in [2.24, 2.45) is 5.92 Å². The number of nitrogens with zero attached hydrogens (tertiary/aromatic N) is 4. The number of carbonyl (C=O) groups is 1. The van der Waals surface area contributed by atoms with Gasteiger partial charge in [0.2, 0.25) is 5.91 Å². The van der Waals surface area contributed by atoms with E-state index < -0.39 is 0 Å². The first-order valence-corrected chi connectivity index (χ1v) is 10.8. The summed E-state index contributed by atoms with van der Waals surface area (Å²) in [4.78, 5) is 26.2.